The molecule has 1 aliphatic carbocycles. The molecule has 0 amide bonds. The molecular weight excluding hydrogens is 378 g/mol. The summed E-state index contributed by atoms with van der Waals surface area (Å²) in [5.74, 6) is 0. The Balaban J connectivity index is 1.28. The minimum atomic E-state index is 0.0921. The third-order valence-corrected chi connectivity index (χ3v) is 8.12. The summed E-state index contributed by atoms with van der Waals surface area (Å²) in [4.78, 5) is 11.1. The second-order valence-electron chi connectivity index (χ2n) is 8.92. The molecule has 2 aromatic heterocycles. The van der Waals surface area contributed by atoms with Crippen molar-refractivity contribution in [3.05, 3.63) is 52.0 Å². The Morgan fingerprint density at radius 3 is 2.93 bits per heavy atom. The summed E-state index contributed by atoms with van der Waals surface area (Å²) < 4.78 is 6.37. The first kappa shape index (κ1) is 19.4. The molecule has 1 spiro atoms. The third-order valence-electron chi connectivity index (χ3n) is 7.14. The number of fused-ring (bicyclic) bond motifs is 1. The number of rotatable bonds is 6. The van der Waals surface area contributed by atoms with Gasteiger partial charge in [0.25, 0.3) is 0 Å². The van der Waals surface area contributed by atoms with E-state index in [0.29, 0.717) is 0 Å². The maximum absolute atomic E-state index is 6.37. The standard InChI is InChI=1S/C24H31N3OS/c1-4-12-27-22(5-1)23(11-15-28-24(18-23)8-2-3-9-24)10-14-25-17-20-19-7-16-29-21(19)6-13-26-20/h1,4-5,7,12,16,25H,2-3,6,8-11,13-15,17-18H2. The summed E-state index contributed by atoms with van der Waals surface area (Å²) in [6.07, 6.45) is 11.4. The monoisotopic (exact) mass is 409 g/mol. The van der Waals surface area contributed by atoms with Gasteiger partial charge in [0.15, 0.2) is 0 Å². The van der Waals surface area contributed by atoms with E-state index in [1.165, 1.54) is 47.5 Å². The lowest BCUT2D eigenvalue weighted by atomic mass is 9.68. The Labute approximate surface area is 177 Å². The fraction of sp³-hybridized carbons (Fsp3) is 0.583. The Morgan fingerprint density at radius 2 is 2.07 bits per heavy atom. The lowest BCUT2D eigenvalue weighted by Gasteiger charge is -2.46. The number of hydrogen-bond acceptors (Lipinski definition) is 5. The van der Waals surface area contributed by atoms with Gasteiger partial charge >= 0.3 is 0 Å². The van der Waals surface area contributed by atoms with E-state index in [4.69, 9.17) is 14.7 Å². The second kappa shape index (κ2) is 8.29. The number of hydrogen-bond donors (Lipinski definition) is 1. The molecule has 1 saturated heterocycles. The van der Waals surface area contributed by atoms with Crippen molar-refractivity contribution >= 4 is 17.0 Å². The highest BCUT2D eigenvalue weighted by Crippen LogP contribution is 2.49. The van der Waals surface area contributed by atoms with Gasteiger partial charge in [-0.3, -0.25) is 9.98 Å². The zero-order chi connectivity index (χ0) is 19.6. The van der Waals surface area contributed by atoms with Crippen LogP contribution in [0, 0.1) is 0 Å². The van der Waals surface area contributed by atoms with Crippen molar-refractivity contribution in [1.29, 1.82) is 0 Å². The van der Waals surface area contributed by atoms with Crippen molar-refractivity contribution in [3.63, 3.8) is 0 Å². The molecule has 0 radical (unpaired) electrons. The molecule has 4 heterocycles. The van der Waals surface area contributed by atoms with Gasteiger partial charge < -0.3 is 10.1 Å². The van der Waals surface area contributed by atoms with Crippen molar-refractivity contribution in [1.82, 2.24) is 10.3 Å². The molecule has 4 nitrogen and oxygen atoms in total. The summed E-state index contributed by atoms with van der Waals surface area (Å²) in [7, 11) is 0. The first-order valence-electron chi connectivity index (χ1n) is 11.2. The molecule has 29 heavy (non-hydrogen) atoms. The van der Waals surface area contributed by atoms with Crippen LogP contribution in [0.3, 0.4) is 0 Å². The molecule has 1 saturated carbocycles. The smallest absolute Gasteiger partial charge is 0.0691 e. The highest BCUT2D eigenvalue weighted by Gasteiger charge is 2.48. The number of aliphatic imine (C=N–C) groups is 1. The van der Waals surface area contributed by atoms with Crippen LogP contribution >= 0.6 is 11.3 Å². The first-order chi connectivity index (χ1) is 14.3. The minimum absolute atomic E-state index is 0.0921. The predicted molar refractivity (Wildman–Crippen MR) is 119 cm³/mol. The van der Waals surface area contributed by atoms with E-state index in [1.807, 2.05) is 23.6 Å². The van der Waals surface area contributed by atoms with Crippen LogP contribution in [0.25, 0.3) is 0 Å². The zero-order valence-electron chi connectivity index (χ0n) is 17.2. The molecule has 2 fully saturated rings. The molecule has 154 valence electrons. The molecule has 1 unspecified atom stereocenters. The van der Waals surface area contributed by atoms with Crippen LogP contribution in [0.2, 0.25) is 0 Å². The van der Waals surface area contributed by atoms with Gasteiger partial charge in [0.2, 0.25) is 0 Å². The Morgan fingerprint density at radius 1 is 1.14 bits per heavy atom. The van der Waals surface area contributed by atoms with Crippen LogP contribution < -0.4 is 5.32 Å². The average Bonchev–Trinajstić information content (AvgIpc) is 3.42. The molecule has 0 bridgehead atoms. The van der Waals surface area contributed by atoms with Crippen molar-refractivity contribution in [2.75, 3.05) is 26.2 Å². The molecule has 5 heteroatoms. The number of ether oxygens (including phenoxy) is 1. The summed E-state index contributed by atoms with van der Waals surface area (Å²) in [6.45, 7) is 3.65. The normalized spacial score (nSPS) is 25.7. The number of aromatic nitrogens is 1. The fourth-order valence-corrected chi connectivity index (χ4v) is 6.54. The molecule has 2 aliphatic heterocycles. The van der Waals surface area contributed by atoms with Crippen molar-refractivity contribution in [2.24, 2.45) is 4.99 Å². The van der Waals surface area contributed by atoms with E-state index < -0.39 is 0 Å². The molecule has 2 aromatic rings. The molecule has 1 N–H and O–H groups in total. The lowest BCUT2D eigenvalue weighted by Crippen LogP contribution is -2.47. The van der Waals surface area contributed by atoms with Gasteiger partial charge in [0.05, 0.1) is 11.3 Å². The Kier molecular flexibility index (Phi) is 5.55. The average molecular weight is 410 g/mol. The number of pyridine rings is 1. The topological polar surface area (TPSA) is 46.5 Å². The molecule has 0 aromatic carbocycles. The van der Waals surface area contributed by atoms with Crippen LogP contribution in [0.1, 0.15) is 61.1 Å². The van der Waals surface area contributed by atoms with Crippen LogP contribution in [-0.2, 0) is 16.6 Å². The molecule has 5 rings (SSSR count). The van der Waals surface area contributed by atoms with Crippen LogP contribution in [0.15, 0.2) is 40.8 Å². The third kappa shape index (κ3) is 3.92. The molecule has 1 atom stereocenters. The fourth-order valence-electron chi connectivity index (χ4n) is 5.65. The van der Waals surface area contributed by atoms with Gasteiger partial charge in [-0.15, -0.1) is 11.3 Å². The predicted octanol–water partition coefficient (Wildman–Crippen LogP) is 4.53. The summed E-state index contributed by atoms with van der Waals surface area (Å²) in [5, 5.41) is 5.91. The summed E-state index contributed by atoms with van der Waals surface area (Å²) in [6, 6.07) is 8.64. The van der Waals surface area contributed by atoms with Crippen molar-refractivity contribution in [2.45, 2.75) is 62.4 Å². The summed E-state index contributed by atoms with van der Waals surface area (Å²) in [5.41, 5.74) is 4.07. The van der Waals surface area contributed by atoms with Gasteiger partial charge in [-0.2, -0.15) is 0 Å². The second-order valence-corrected chi connectivity index (χ2v) is 9.92. The van der Waals surface area contributed by atoms with E-state index in [9.17, 15) is 0 Å². The van der Waals surface area contributed by atoms with Crippen LogP contribution in [0.4, 0.5) is 0 Å². The maximum atomic E-state index is 6.37. The minimum Gasteiger partial charge on any atom is -0.375 e. The Hall–Kier alpha value is -1.56. The Bertz CT molecular complexity index is 856. The number of nitrogens with zero attached hydrogens (tertiary/aromatic N) is 2. The SMILES string of the molecule is c1ccc(C2(CCNCC3=NCCc4sccc43)CCOC3(CCCC3)C2)nc1. The van der Waals surface area contributed by atoms with Crippen molar-refractivity contribution in [3.8, 4) is 0 Å². The molecular formula is C24H31N3OS. The largest absolute Gasteiger partial charge is 0.375 e. The van der Waals surface area contributed by atoms with E-state index in [1.54, 1.807) is 0 Å². The van der Waals surface area contributed by atoms with Gasteiger partial charge in [0, 0.05) is 53.9 Å². The maximum Gasteiger partial charge on any atom is 0.0691 e. The van der Waals surface area contributed by atoms with Crippen LogP contribution in [-0.4, -0.2) is 42.5 Å². The number of thiophene rings is 1. The first-order valence-corrected chi connectivity index (χ1v) is 12.0. The molecule has 3 aliphatic rings. The van der Waals surface area contributed by atoms with Crippen LogP contribution in [0.5, 0.6) is 0 Å². The highest BCUT2D eigenvalue weighted by molar-refractivity contribution is 7.10. The number of nitrogens with one attached hydrogen (secondary N) is 1. The van der Waals surface area contributed by atoms with E-state index in [-0.39, 0.29) is 11.0 Å². The van der Waals surface area contributed by atoms with Gasteiger partial charge in [0.1, 0.15) is 0 Å². The van der Waals surface area contributed by atoms with Gasteiger partial charge in [-0.25, -0.2) is 0 Å². The van der Waals surface area contributed by atoms with E-state index in [0.717, 1.165) is 51.9 Å². The van der Waals surface area contributed by atoms with E-state index >= 15 is 0 Å². The highest BCUT2D eigenvalue weighted by atomic mass is 32.1. The van der Waals surface area contributed by atoms with Crippen molar-refractivity contribution < 1.29 is 4.74 Å². The van der Waals surface area contributed by atoms with E-state index in [2.05, 4.69) is 28.9 Å². The lowest BCUT2D eigenvalue weighted by molar-refractivity contribution is -0.104. The van der Waals surface area contributed by atoms with Gasteiger partial charge in [-0.05, 0) is 62.2 Å². The van der Waals surface area contributed by atoms with Gasteiger partial charge in [-0.1, -0.05) is 18.9 Å². The quantitative estimate of drug-likeness (QED) is 0.713. The zero-order valence-corrected chi connectivity index (χ0v) is 18.0. The summed E-state index contributed by atoms with van der Waals surface area (Å²) >= 11 is 1.87.